The van der Waals surface area contributed by atoms with Crippen molar-refractivity contribution in [1.82, 2.24) is 30.6 Å². The Kier molecular flexibility index (Phi) is 15.7. The second-order valence-electron chi connectivity index (χ2n) is 25.6. The van der Waals surface area contributed by atoms with Crippen LogP contribution in [0.2, 0.25) is 15.1 Å². The number of aliphatic imine (C=N–C) groups is 1. The number of nitrogens with one attached hydrogen (secondary N) is 3. The van der Waals surface area contributed by atoms with Gasteiger partial charge in [-0.05, 0) is 147 Å². The number of aliphatic hydroxyl groups is 4. The highest BCUT2D eigenvalue weighted by molar-refractivity contribution is 6.32. The first kappa shape index (κ1) is 57.3. The molecule has 7 aliphatic rings. The van der Waals surface area contributed by atoms with E-state index in [4.69, 9.17) is 34.8 Å². The summed E-state index contributed by atoms with van der Waals surface area (Å²) in [7, 11) is 0. The van der Waals surface area contributed by atoms with E-state index in [0.717, 1.165) is 126 Å². The maximum atomic E-state index is 14.5. The van der Waals surface area contributed by atoms with E-state index in [1.807, 2.05) is 43.3 Å². The Morgan fingerprint density at radius 2 is 1.05 bits per heavy atom. The van der Waals surface area contributed by atoms with Crippen molar-refractivity contribution < 1.29 is 33.6 Å². The van der Waals surface area contributed by atoms with Gasteiger partial charge in [-0.2, -0.15) is 15.3 Å². The van der Waals surface area contributed by atoms with Crippen LogP contribution in [-0.2, 0) is 17.7 Å². The largest absolute Gasteiger partial charge is 0.388 e. The highest BCUT2D eigenvalue weighted by atomic mass is 35.5. The number of aliphatic hydroxyl groups excluding tert-OH is 2. The lowest BCUT2D eigenvalue weighted by atomic mass is 9.52. The van der Waals surface area contributed by atoms with Crippen LogP contribution >= 0.6 is 34.8 Å². The van der Waals surface area contributed by atoms with Crippen LogP contribution in [0.5, 0.6) is 0 Å². The minimum atomic E-state index is -2.92. The molecule has 3 aromatic heterocycles. The average Bonchev–Trinajstić information content (AvgIpc) is 4.41. The Morgan fingerprint density at radius 3 is 1.56 bits per heavy atom. The van der Waals surface area contributed by atoms with E-state index < -0.39 is 40.6 Å². The van der Waals surface area contributed by atoms with E-state index in [0.29, 0.717) is 56.9 Å². The van der Waals surface area contributed by atoms with Crippen LogP contribution in [0, 0.1) is 34.4 Å². The fourth-order valence-corrected chi connectivity index (χ4v) is 16.6. The molecule has 6 fully saturated rings. The number of alkyl halides is 2. The number of nitrogens with zero attached hydrogens (tertiary/aromatic N) is 4. The molecule has 11 nitrogen and oxygen atoms in total. The van der Waals surface area contributed by atoms with Crippen LogP contribution in [0.25, 0.3) is 32.7 Å². The second kappa shape index (κ2) is 21.9. The zero-order valence-electron chi connectivity index (χ0n) is 46.1. The zero-order valence-corrected chi connectivity index (χ0v) is 48.4. The van der Waals surface area contributed by atoms with Gasteiger partial charge in [-0.3, -0.25) is 20.3 Å². The van der Waals surface area contributed by atoms with Gasteiger partial charge in [-0.1, -0.05) is 118 Å². The van der Waals surface area contributed by atoms with Crippen molar-refractivity contribution in [1.29, 1.82) is 0 Å². The van der Waals surface area contributed by atoms with Gasteiger partial charge in [0.1, 0.15) is 5.82 Å². The molecule has 7 N–H and O–H groups in total. The minimum absolute atomic E-state index is 0.0746. The van der Waals surface area contributed by atoms with Crippen molar-refractivity contribution in [2.24, 2.45) is 26.7 Å². The Balaban J connectivity index is 0.000000113. The van der Waals surface area contributed by atoms with E-state index in [1.54, 1.807) is 30.9 Å². The van der Waals surface area contributed by atoms with E-state index in [2.05, 4.69) is 42.5 Å². The van der Waals surface area contributed by atoms with Gasteiger partial charge in [0.25, 0.3) is 5.92 Å². The monoisotopic (exact) mass is 1160 g/mol. The molecule has 0 saturated heterocycles. The van der Waals surface area contributed by atoms with Crippen molar-refractivity contribution in [2.45, 2.75) is 198 Å². The first-order chi connectivity index (χ1) is 38.1. The fraction of sp³-hybridized carbons (Fsp3) is 0.556. The third kappa shape index (κ3) is 10.5. The van der Waals surface area contributed by atoms with Crippen LogP contribution in [0.4, 0.5) is 13.2 Å². The summed E-state index contributed by atoms with van der Waals surface area (Å²) in [5, 5.41) is 68.9. The van der Waals surface area contributed by atoms with E-state index in [1.165, 1.54) is 64.2 Å². The molecule has 0 amide bonds. The molecule has 2 spiro atoms. The maximum absolute atomic E-state index is 14.5. The maximum Gasteiger partial charge on any atom is 0.253 e. The Hall–Kier alpha value is -4.54. The second-order valence-corrected chi connectivity index (χ2v) is 26.9. The summed E-state index contributed by atoms with van der Waals surface area (Å²) in [6.07, 6.45) is 27.4. The summed E-state index contributed by atoms with van der Waals surface area (Å²) in [6.45, 7) is 5.27. The number of hydrogen-bond donors (Lipinski definition) is 7. The van der Waals surface area contributed by atoms with Crippen molar-refractivity contribution >= 4 is 73.7 Å². The normalized spacial score (nSPS) is 23.6. The first-order valence-corrected chi connectivity index (χ1v) is 30.1. The van der Waals surface area contributed by atoms with Gasteiger partial charge in [0.05, 0.1) is 75.5 Å². The lowest BCUT2D eigenvalue weighted by Crippen LogP contribution is -2.50. The molecule has 14 rings (SSSR count). The van der Waals surface area contributed by atoms with Crippen LogP contribution in [0.1, 0.15) is 206 Å². The summed E-state index contributed by atoms with van der Waals surface area (Å²) < 4.78 is 43.1. The van der Waals surface area contributed by atoms with E-state index in [-0.39, 0.29) is 10.4 Å². The van der Waals surface area contributed by atoms with Crippen molar-refractivity contribution in [3.05, 3.63) is 121 Å². The van der Waals surface area contributed by atoms with Crippen LogP contribution in [0.15, 0.2) is 66.0 Å². The molecule has 7 aromatic rings. The zero-order chi connectivity index (χ0) is 56.5. The van der Waals surface area contributed by atoms with Gasteiger partial charge in [0.15, 0.2) is 0 Å². The summed E-state index contributed by atoms with van der Waals surface area (Å²) >= 11 is 18.3. The topological polar surface area (TPSA) is 179 Å². The minimum Gasteiger partial charge on any atom is -0.388 e. The van der Waals surface area contributed by atoms with E-state index in [9.17, 15) is 33.6 Å². The summed E-state index contributed by atoms with van der Waals surface area (Å²) in [4.78, 5) is 4.18. The highest BCUT2D eigenvalue weighted by Gasteiger charge is 2.58. The summed E-state index contributed by atoms with van der Waals surface area (Å²) in [6, 6.07) is 12.9. The standard InChI is InChI=1S/C16H19ClFNO.C16H19ClN2O.C16H20F2N2O.C15H17ClN2O/c1-16(5-3-2-4-6-16)15(20)13-11-9-19-8-10(11)7-12(17)14(13)18;17-12-6-11-8-18-19-14(11)13(7-12)16(20)9-15(10-16)4-2-1-3-5-15;1-10-5-6-11-9-19-20-13(11)12(10)14(21)16(15(2,17)18)7-3-4-8-16;16-11-5-10-7-17-18-13(10)12(6-11)15(19)8-14(9-15)3-1-2-4-14/h7-8,15,20H,2-6,9H2,1H3;6-8,20H,1-5,9-10H2,(H,18,19);5-6,9,14,21H,3-4,7-8H2,1-2H3,(H,19,20);5-7,19H,1-4,8-9H2,(H,17,18). The van der Waals surface area contributed by atoms with Crippen molar-refractivity contribution in [3.63, 3.8) is 0 Å². The number of fused-ring (bicyclic) bond motifs is 4. The molecule has 1 aliphatic heterocycles. The summed E-state index contributed by atoms with van der Waals surface area (Å²) in [5.74, 6) is -3.40. The van der Waals surface area contributed by atoms with Gasteiger partial charge in [-0.15, -0.1) is 0 Å². The molecule has 0 bridgehead atoms. The number of aryl methyl sites for hydroxylation is 1. The van der Waals surface area contributed by atoms with Crippen molar-refractivity contribution in [2.75, 3.05) is 0 Å². The summed E-state index contributed by atoms with van der Waals surface area (Å²) in [5.41, 5.74) is 5.43. The number of H-pyrrole nitrogens is 3. The van der Waals surface area contributed by atoms with Gasteiger partial charge in [-0.25, -0.2) is 13.2 Å². The van der Waals surface area contributed by atoms with Gasteiger partial charge in [0, 0.05) is 61.6 Å². The molecule has 6 aliphatic carbocycles. The van der Waals surface area contributed by atoms with Crippen LogP contribution < -0.4 is 0 Å². The molecule has 428 valence electrons. The van der Waals surface area contributed by atoms with Gasteiger partial charge >= 0.3 is 0 Å². The molecular weight excluding hydrogens is 1080 g/mol. The van der Waals surface area contributed by atoms with Crippen molar-refractivity contribution in [3.8, 4) is 0 Å². The molecule has 2 unspecified atom stereocenters. The lowest BCUT2D eigenvalue weighted by molar-refractivity contribution is -0.161. The fourth-order valence-electron chi connectivity index (χ4n) is 15.9. The number of halogens is 6. The van der Waals surface area contributed by atoms with Crippen LogP contribution in [-0.4, -0.2) is 63.2 Å². The third-order valence-corrected chi connectivity index (χ3v) is 20.8. The predicted molar refractivity (Wildman–Crippen MR) is 311 cm³/mol. The van der Waals surface area contributed by atoms with Gasteiger partial charge in [0.2, 0.25) is 0 Å². The van der Waals surface area contributed by atoms with Crippen LogP contribution in [0.3, 0.4) is 0 Å². The Morgan fingerprint density at radius 1 is 0.588 bits per heavy atom. The number of aromatic nitrogens is 6. The Bertz CT molecular complexity index is 3400. The third-order valence-electron chi connectivity index (χ3n) is 20.1. The molecular formula is C63H75Cl3F3N7O4. The predicted octanol–water partition coefficient (Wildman–Crippen LogP) is 16.4. The first-order valence-electron chi connectivity index (χ1n) is 29.0. The molecule has 6 saturated carbocycles. The quantitative estimate of drug-likeness (QED) is 0.0830. The number of rotatable bonds is 7. The number of hydrogen-bond acceptors (Lipinski definition) is 8. The number of aromatic amines is 3. The molecule has 2 atom stereocenters. The molecule has 80 heavy (non-hydrogen) atoms. The highest BCUT2D eigenvalue weighted by Crippen LogP contribution is 2.64. The molecule has 4 heterocycles. The van der Waals surface area contributed by atoms with Gasteiger partial charge < -0.3 is 20.4 Å². The molecule has 17 heteroatoms. The average molecular weight is 1160 g/mol. The molecule has 0 radical (unpaired) electrons. The number of benzene rings is 4. The SMILES string of the molecule is CC1(C(O)c2c(F)c(Cl)cc3c2CN=C3)CCCCC1.Cc1ccc2cn[nH]c2c1C(O)C1(C(C)(F)F)CCCC1.OC1(c2cc(Cl)cc3cn[nH]c23)CC2(CCCC2)C1.OC1(c2cc(Cl)cc3cn[nH]c23)CC2(CCCCC2)C1. The molecule has 4 aromatic carbocycles. The smallest absolute Gasteiger partial charge is 0.253 e. The lowest BCUT2D eigenvalue weighted by Gasteiger charge is -2.55. The Labute approximate surface area is 480 Å². The van der Waals surface area contributed by atoms with E-state index >= 15 is 0 Å².